The average molecular weight is 313 g/mol. The first-order chi connectivity index (χ1) is 11.7. The zero-order valence-corrected chi connectivity index (χ0v) is 14.3. The molecule has 0 radical (unpaired) electrons. The molecule has 0 aromatic heterocycles. The van der Waals surface area contributed by atoms with Crippen LogP contribution in [0.2, 0.25) is 0 Å². The highest BCUT2D eigenvalue weighted by Gasteiger charge is 2.58. The molecule has 2 aromatic carbocycles. The topological polar surface area (TPSA) is 23.8 Å². The molecule has 1 nitrogen and oxygen atoms in total. The van der Waals surface area contributed by atoms with Crippen LogP contribution >= 0.6 is 0 Å². The molecule has 0 amide bonds. The van der Waals surface area contributed by atoms with Crippen molar-refractivity contribution in [1.29, 1.82) is 5.26 Å². The molecule has 0 spiro atoms. The van der Waals surface area contributed by atoms with Crippen molar-refractivity contribution in [2.45, 2.75) is 44.4 Å². The standard InChI is InChI=1S/C23H23N/c1-15-2-9-21(19(10-15)14-24)16-5-7-20(8-6-16)23-11-17-3-4-18(12-23)22(17)13-23/h2,5-10,17-18,22H,3-4,11-13H2,1H3/t17-,18+,22?,23?. The maximum Gasteiger partial charge on any atom is 0.0998 e. The summed E-state index contributed by atoms with van der Waals surface area (Å²) in [6, 6.07) is 17.7. The Morgan fingerprint density at radius 1 is 0.958 bits per heavy atom. The van der Waals surface area contributed by atoms with Crippen LogP contribution in [0.15, 0.2) is 42.5 Å². The first kappa shape index (κ1) is 14.3. The number of nitrogens with zero attached hydrogens (tertiary/aromatic N) is 1. The Hall–Kier alpha value is -2.07. The summed E-state index contributed by atoms with van der Waals surface area (Å²) in [6.07, 6.45) is 7.22. The molecule has 120 valence electrons. The monoisotopic (exact) mass is 313 g/mol. The Morgan fingerprint density at radius 2 is 1.67 bits per heavy atom. The largest absolute Gasteiger partial charge is 0.192 e. The molecule has 3 fully saturated rings. The SMILES string of the molecule is Cc1ccc(-c2ccc(C34CC5[C@H](CC[C@H]5C3)C4)cc2)c(C#N)c1. The van der Waals surface area contributed by atoms with Gasteiger partial charge in [-0.25, -0.2) is 0 Å². The van der Waals surface area contributed by atoms with Gasteiger partial charge in [-0.1, -0.05) is 36.4 Å². The minimum Gasteiger partial charge on any atom is -0.192 e. The predicted octanol–water partition coefficient (Wildman–Crippen LogP) is 5.61. The van der Waals surface area contributed by atoms with Crippen molar-refractivity contribution in [2.75, 3.05) is 0 Å². The number of nitriles is 1. The van der Waals surface area contributed by atoms with E-state index in [1.807, 2.05) is 13.0 Å². The van der Waals surface area contributed by atoms with Crippen molar-refractivity contribution < 1.29 is 0 Å². The van der Waals surface area contributed by atoms with Crippen LogP contribution in [0.5, 0.6) is 0 Å². The van der Waals surface area contributed by atoms with Crippen LogP contribution in [0.4, 0.5) is 0 Å². The summed E-state index contributed by atoms with van der Waals surface area (Å²) in [6.45, 7) is 2.04. The molecule has 0 heterocycles. The highest BCUT2D eigenvalue weighted by molar-refractivity contribution is 5.71. The van der Waals surface area contributed by atoms with E-state index in [-0.39, 0.29) is 0 Å². The number of aryl methyl sites for hydroxylation is 1. The maximum atomic E-state index is 9.43. The van der Waals surface area contributed by atoms with Crippen LogP contribution < -0.4 is 0 Å². The predicted molar refractivity (Wildman–Crippen MR) is 96.6 cm³/mol. The molecule has 24 heavy (non-hydrogen) atoms. The summed E-state index contributed by atoms with van der Waals surface area (Å²) in [5.41, 5.74) is 6.17. The fraction of sp³-hybridized carbons (Fsp3) is 0.435. The first-order valence-corrected chi connectivity index (χ1v) is 9.30. The van der Waals surface area contributed by atoms with E-state index in [2.05, 4.69) is 42.5 Å². The van der Waals surface area contributed by atoms with E-state index >= 15 is 0 Å². The van der Waals surface area contributed by atoms with Gasteiger partial charge in [-0.15, -0.1) is 0 Å². The number of fused-ring (bicyclic) bond motifs is 1. The summed E-state index contributed by atoms with van der Waals surface area (Å²) >= 11 is 0. The third-order valence-electron chi connectivity index (χ3n) is 7.16. The Kier molecular flexibility index (Phi) is 2.95. The van der Waals surface area contributed by atoms with Crippen molar-refractivity contribution in [2.24, 2.45) is 17.8 Å². The number of benzene rings is 2. The van der Waals surface area contributed by atoms with Gasteiger partial charge >= 0.3 is 0 Å². The highest BCUT2D eigenvalue weighted by Crippen LogP contribution is 2.66. The summed E-state index contributed by atoms with van der Waals surface area (Å²) in [5, 5.41) is 9.43. The quantitative estimate of drug-likeness (QED) is 0.706. The summed E-state index contributed by atoms with van der Waals surface area (Å²) in [7, 11) is 0. The van der Waals surface area contributed by atoms with Crippen molar-refractivity contribution >= 4 is 0 Å². The van der Waals surface area contributed by atoms with Gasteiger partial charge in [-0.3, -0.25) is 0 Å². The highest BCUT2D eigenvalue weighted by atomic mass is 14.6. The van der Waals surface area contributed by atoms with Gasteiger partial charge in [0, 0.05) is 0 Å². The minimum atomic E-state index is 0.473. The average Bonchev–Trinajstić information content (AvgIpc) is 3.21. The fourth-order valence-corrected chi connectivity index (χ4v) is 6.15. The third kappa shape index (κ3) is 1.92. The normalized spacial score (nSPS) is 32.9. The molecule has 3 aliphatic carbocycles. The maximum absolute atomic E-state index is 9.43. The molecule has 1 heteroatoms. The fourth-order valence-electron chi connectivity index (χ4n) is 6.15. The lowest BCUT2D eigenvalue weighted by molar-refractivity contribution is 0.308. The smallest absolute Gasteiger partial charge is 0.0998 e. The molecular formula is C23H23N. The molecule has 3 aliphatic rings. The zero-order chi connectivity index (χ0) is 16.3. The van der Waals surface area contributed by atoms with Gasteiger partial charge in [0.25, 0.3) is 0 Å². The van der Waals surface area contributed by atoms with Crippen LogP contribution in [0.3, 0.4) is 0 Å². The van der Waals surface area contributed by atoms with Gasteiger partial charge in [0.15, 0.2) is 0 Å². The minimum absolute atomic E-state index is 0.473. The zero-order valence-electron chi connectivity index (χ0n) is 14.3. The Bertz CT molecular complexity index is 820. The molecule has 3 saturated carbocycles. The van der Waals surface area contributed by atoms with Crippen LogP contribution in [0, 0.1) is 36.0 Å². The lowest BCUT2D eigenvalue weighted by atomic mass is 9.74. The van der Waals surface area contributed by atoms with E-state index in [9.17, 15) is 5.26 Å². The van der Waals surface area contributed by atoms with E-state index in [1.165, 1.54) is 37.7 Å². The van der Waals surface area contributed by atoms with Crippen molar-refractivity contribution in [3.05, 3.63) is 59.2 Å². The summed E-state index contributed by atoms with van der Waals surface area (Å²) < 4.78 is 0. The second-order valence-corrected chi connectivity index (χ2v) is 8.39. The number of hydrogen-bond donors (Lipinski definition) is 0. The number of rotatable bonds is 2. The molecule has 5 rings (SSSR count). The van der Waals surface area contributed by atoms with Crippen molar-refractivity contribution in [1.82, 2.24) is 0 Å². The van der Waals surface area contributed by atoms with E-state index in [0.29, 0.717) is 5.41 Å². The van der Waals surface area contributed by atoms with Crippen molar-refractivity contribution in [3.8, 4) is 17.2 Å². The van der Waals surface area contributed by atoms with E-state index in [0.717, 1.165) is 34.4 Å². The second-order valence-electron chi connectivity index (χ2n) is 8.39. The Balaban J connectivity index is 1.50. The van der Waals surface area contributed by atoms with Crippen LogP contribution in [-0.2, 0) is 5.41 Å². The van der Waals surface area contributed by atoms with Crippen LogP contribution in [0.1, 0.15) is 48.8 Å². The van der Waals surface area contributed by atoms with Gasteiger partial charge in [0.1, 0.15) is 0 Å². The molecule has 2 bridgehead atoms. The van der Waals surface area contributed by atoms with Crippen LogP contribution in [0.25, 0.3) is 11.1 Å². The molecular weight excluding hydrogens is 290 g/mol. The van der Waals surface area contributed by atoms with E-state index in [1.54, 1.807) is 5.56 Å². The van der Waals surface area contributed by atoms with Gasteiger partial charge in [-0.05, 0) is 90.5 Å². The van der Waals surface area contributed by atoms with E-state index < -0.39 is 0 Å². The molecule has 4 atom stereocenters. The first-order valence-electron chi connectivity index (χ1n) is 9.30. The van der Waals surface area contributed by atoms with Gasteiger partial charge < -0.3 is 0 Å². The lowest BCUT2D eigenvalue weighted by Crippen LogP contribution is -2.23. The van der Waals surface area contributed by atoms with E-state index in [4.69, 9.17) is 0 Å². The molecule has 2 unspecified atom stereocenters. The third-order valence-corrected chi connectivity index (χ3v) is 7.16. The summed E-state index contributed by atoms with van der Waals surface area (Å²) in [4.78, 5) is 0. The lowest BCUT2D eigenvalue weighted by Gasteiger charge is -2.30. The van der Waals surface area contributed by atoms with Crippen molar-refractivity contribution in [3.63, 3.8) is 0 Å². The molecule has 2 aromatic rings. The Morgan fingerprint density at radius 3 is 2.29 bits per heavy atom. The number of hydrogen-bond acceptors (Lipinski definition) is 1. The summed E-state index contributed by atoms with van der Waals surface area (Å²) in [5.74, 6) is 3.03. The van der Waals surface area contributed by atoms with Gasteiger partial charge in [0.2, 0.25) is 0 Å². The second kappa shape index (κ2) is 4.96. The molecule has 0 N–H and O–H groups in total. The van der Waals surface area contributed by atoms with Crippen LogP contribution in [-0.4, -0.2) is 0 Å². The molecule has 0 aliphatic heterocycles. The van der Waals surface area contributed by atoms with Gasteiger partial charge in [-0.2, -0.15) is 5.26 Å². The Labute approximate surface area is 144 Å². The molecule has 0 saturated heterocycles. The van der Waals surface area contributed by atoms with Gasteiger partial charge in [0.05, 0.1) is 11.6 Å².